The molecule has 0 spiro atoms. The first-order valence-electron chi connectivity index (χ1n) is 6.26. The number of benzene rings is 1. The lowest BCUT2D eigenvalue weighted by molar-refractivity contribution is -0.141. The first-order valence-corrected chi connectivity index (χ1v) is 8.83. The van der Waals surface area contributed by atoms with Crippen molar-refractivity contribution in [2.24, 2.45) is 0 Å². The molecular weight excluding hydrogens is 353 g/mol. The quantitative estimate of drug-likeness (QED) is 0.446. The Morgan fingerprint density at radius 2 is 1.83 bits per heavy atom. The van der Waals surface area contributed by atoms with E-state index in [1.165, 1.54) is 12.1 Å². The molecule has 0 atom stereocenters. The van der Waals surface area contributed by atoms with Gasteiger partial charge in [0.25, 0.3) is 0 Å². The molecule has 0 saturated heterocycles. The van der Waals surface area contributed by atoms with E-state index in [-0.39, 0.29) is 22.4 Å². The number of hydrogen-bond donors (Lipinski definition) is 0. The van der Waals surface area contributed by atoms with E-state index in [1.807, 2.05) is 0 Å². The van der Waals surface area contributed by atoms with Gasteiger partial charge in [0, 0.05) is 11.9 Å². The van der Waals surface area contributed by atoms with Crippen LogP contribution in [0.3, 0.4) is 0 Å². The summed E-state index contributed by atoms with van der Waals surface area (Å²) in [6.45, 7) is 0. The van der Waals surface area contributed by atoms with Gasteiger partial charge in [0.2, 0.25) is 0 Å². The van der Waals surface area contributed by atoms with E-state index < -0.39 is 22.0 Å². The molecule has 124 valence electrons. The molecule has 0 bridgehead atoms. The van der Waals surface area contributed by atoms with Crippen LogP contribution in [0.25, 0.3) is 0 Å². The summed E-state index contributed by atoms with van der Waals surface area (Å²) in [7, 11) is -3.84. The van der Waals surface area contributed by atoms with Crippen molar-refractivity contribution in [3.05, 3.63) is 48.3 Å². The summed E-state index contributed by atoms with van der Waals surface area (Å²) in [5.74, 6) is -0.240. The van der Waals surface area contributed by atoms with Gasteiger partial charge < -0.3 is 4.18 Å². The molecule has 0 unspecified atom stereocenters. The van der Waals surface area contributed by atoms with Crippen molar-refractivity contribution in [1.29, 1.82) is 0 Å². The maximum atomic E-state index is 12.5. The number of aromatic nitrogens is 2. The Labute approximate surface area is 135 Å². The van der Waals surface area contributed by atoms with Gasteiger partial charge in [-0.3, -0.25) is 0 Å². The van der Waals surface area contributed by atoms with Crippen LogP contribution >= 0.6 is 11.8 Å². The van der Waals surface area contributed by atoms with Crippen LogP contribution in [0.15, 0.2) is 47.8 Å². The maximum absolute atomic E-state index is 12.5. The topological polar surface area (TPSA) is 69.2 Å². The smallest absolute Gasteiger partial charge is 0.382 e. The van der Waals surface area contributed by atoms with Crippen LogP contribution in [-0.2, 0) is 16.3 Å². The summed E-state index contributed by atoms with van der Waals surface area (Å²) in [5.41, 5.74) is -1.07. The number of para-hydroxylation sites is 1. The highest BCUT2D eigenvalue weighted by molar-refractivity contribution is 8.00. The van der Waals surface area contributed by atoms with E-state index in [2.05, 4.69) is 9.97 Å². The summed E-state index contributed by atoms with van der Waals surface area (Å²) in [4.78, 5) is 7.01. The van der Waals surface area contributed by atoms with E-state index >= 15 is 0 Å². The fraction of sp³-hybridized carbons (Fsp3) is 0.231. The zero-order chi connectivity index (χ0) is 16.9. The molecular formula is C13H11F3N2O3S2. The van der Waals surface area contributed by atoms with Crippen molar-refractivity contribution in [2.75, 3.05) is 11.5 Å². The number of thioether (sulfide) groups is 1. The fourth-order valence-corrected chi connectivity index (χ4v) is 3.59. The summed E-state index contributed by atoms with van der Waals surface area (Å²) in [5, 5.41) is -0.144. The molecule has 0 N–H and O–H groups in total. The fourth-order valence-electron chi connectivity index (χ4n) is 1.47. The van der Waals surface area contributed by atoms with Crippen LogP contribution in [0.4, 0.5) is 13.2 Å². The number of hydrogen-bond acceptors (Lipinski definition) is 6. The van der Waals surface area contributed by atoms with Crippen molar-refractivity contribution < 1.29 is 25.8 Å². The molecule has 5 nitrogen and oxygen atoms in total. The molecule has 0 saturated carbocycles. The van der Waals surface area contributed by atoms with Crippen molar-refractivity contribution in [3.8, 4) is 5.75 Å². The van der Waals surface area contributed by atoms with Crippen LogP contribution in [-0.4, -0.2) is 29.9 Å². The second-order valence-corrected chi connectivity index (χ2v) is 6.98. The van der Waals surface area contributed by atoms with Gasteiger partial charge in [0.1, 0.15) is 11.4 Å². The minimum atomic E-state index is -4.57. The molecule has 2 rings (SSSR count). The van der Waals surface area contributed by atoms with Gasteiger partial charge in [-0.1, -0.05) is 30.0 Å². The average molecular weight is 364 g/mol. The first kappa shape index (κ1) is 17.5. The van der Waals surface area contributed by atoms with Gasteiger partial charge in [0.05, 0.1) is 5.75 Å². The van der Waals surface area contributed by atoms with Crippen LogP contribution in [0.1, 0.15) is 5.69 Å². The minimum absolute atomic E-state index is 0.0313. The monoisotopic (exact) mass is 364 g/mol. The Bertz CT molecular complexity index is 753. The summed E-state index contributed by atoms with van der Waals surface area (Å²) in [6.07, 6.45) is -3.59. The lowest BCUT2D eigenvalue weighted by atomic mass is 10.3. The highest BCUT2D eigenvalue weighted by atomic mass is 32.2. The van der Waals surface area contributed by atoms with Crippen molar-refractivity contribution in [3.63, 3.8) is 0 Å². The molecule has 1 aromatic heterocycles. The van der Waals surface area contributed by atoms with Gasteiger partial charge in [-0.15, -0.1) is 0 Å². The lowest BCUT2D eigenvalue weighted by Gasteiger charge is -2.07. The van der Waals surface area contributed by atoms with E-state index in [9.17, 15) is 21.6 Å². The third-order valence-electron chi connectivity index (χ3n) is 2.45. The third kappa shape index (κ3) is 5.71. The molecule has 23 heavy (non-hydrogen) atoms. The first-order chi connectivity index (χ1) is 10.8. The highest BCUT2D eigenvalue weighted by Gasteiger charge is 2.32. The molecule has 0 amide bonds. The second kappa shape index (κ2) is 7.18. The van der Waals surface area contributed by atoms with Crippen molar-refractivity contribution in [2.45, 2.75) is 11.3 Å². The number of nitrogens with zero attached hydrogens (tertiary/aromatic N) is 2. The molecule has 10 heteroatoms. The zero-order valence-corrected chi connectivity index (χ0v) is 13.2. The van der Waals surface area contributed by atoms with Crippen molar-refractivity contribution >= 4 is 21.9 Å². The predicted molar refractivity (Wildman–Crippen MR) is 78.6 cm³/mol. The Balaban J connectivity index is 1.92. The molecule has 0 fully saturated rings. The Morgan fingerprint density at radius 1 is 1.13 bits per heavy atom. The summed E-state index contributed by atoms with van der Waals surface area (Å²) in [6, 6.07) is 8.67. The largest absolute Gasteiger partial charge is 0.433 e. The van der Waals surface area contributed by atoms with Crippen LogP contribution in [0, 0.1) is 0 Å². The van der Waals surface area contributed by atoms with Crippen LogP contribution in [0.5, 0.6) is 5.75 Å². The third-order valence-corrected chi connectivity index (χ3v) is 4.73. The number of rotatable bonds is 6. The molecule has 0 aliphatic carbocycles. The van der Waals surface area contributed by atoms with E-state index in [0.717, 1.165) is 24.0 Å². The van der Waals surface area contributed by atoms with Gasteiger partial charge in [-0.05, 0) is 18.2 Å². The van der Waals surface area contributed by atoms with E-state index in [1.54, 1.807) is 18.2 Å². The van der Waals surface area contributed by atoms with Crippen LogP contribution < -0.4 is 4.18 Å². The van der Waals surface area contributed by atoms with Crippen LogP contribution in [0.2, 0.25) is 0 Å². The van der Waals surface area contributed by atoms with Gasteiger partial charge in [-0.25, -0.2) is 9.97 Å². The number of alkyl halides is 3. The zero-order valence-electron chi connectivity index (χ0n) is 11.5. The Morgan fingerprint density at radius 3 is 2.48 bits per heavy atom. The Kier molecular flexibility index (Phi) is 5.47. The maximum Gasteiger partial charge on any atom is 0.433 e. The molecule has 0 aliphatic heterocycles. The van der Waals surface area contributed by atoms with Gasteiger partial charge in [-0.2, -0.15) is 21.6 Å². The SMILES string of the molecule is O=S(=O)(CCSc1nccc(C(F)(F)F)n1)Oc1ccccc1. The normalized spacial score (nSPS) is 12.1. The molecule has 2 aromatic rings. The highest BCUT2D eigenvalue weighted by Crippen LogP contribution is 2.28. The Hall–Kier alpha value is -1.81. The standard InChI is InChI=1S/C13H11F3N2O3S2/c14-13(15,16)11-6-7-17-12(18-11)22-8-9-23(19,20)21-10-4-2-1-3-5-10/h1-7H,8-9H2. The second-order valence-electron chi connectivity index (χ2n) is 4.23. The molecule has 1 heterocycles. The number of halogens is 3. The van der Waals surface area contributed by atoms with Gasteiger partial charge in [0.15, 0.2) is 5.16 Å². The minimum Gasteiger partial charge on any atom is -0.382 e. The van der Waals surface area contributed by atoms with E-state index in [0.29, 0.717) is 0 Å². The lowest BCUT2D eigenvalue weighted by Crippen LogP contribution is -2.15. The molecule has 0 radical (unpaired) electrons. The van der Waals surface area contributed by atoms with Gasteiger partial charge >= 0.3 is 16.3 Å². The molecule has 1 aromatic carbocycles. The molecule has 0 aliphatic rings. The average Bonchev–Trinajstić information content (AvgIpc) is 2.47. The predicted octanol–water partition coefficient (Wildman–Crippen LogP) is 3.00. The van der Waals surface area contributed by atoms with E-state index in [4.69, 9.17) is 4.18 Å². The van der Waals surface area contributed by atoms with Crippen molar-refractivity contribution in [1.82, 2.24) is 9.97 Å². The summed E-state index contributed by atoms with van der Waals surface area (Å²) < 4.78 is 65.9. The summed E-state index contributed by atoms with van der Waals surface area (Å²) >= 11 is 0.807.